The predicted molar refractivity (Wildman–Crippen MR) is 7.86 cm³/mol. The Morgan fingerprint density at radius 1 is 0.800 bits per heavy atom. The molecule has 0 amide bonds. The van der Waals surface area contributed by atoms with Crippen molar-refractivity contribution in [3.63, 3.8) is 0 Å². The fraction of sp³-hybridized carbons (Fsp3) is 0. The fourth-order valence-corrected chi connectivity index (χ4v) is 0. The maximum absolute atomic E-state index is 7.50. The number of hydrogen-bond donors (Lipinski definition) is 0. The van der Waals surface area contributed by atoms with E-state index in [1.54, 1.807) is 0 Å². The fourth-order valence-electron chi connectivity index (χ4n) is 0. The van der Waals surface area contributed by atoms with Gasteiger partial charge in [0.2, 0.25) is 0 Å². The van der Waals surface area contributed by atoms with Gasteiger partial charge in [0.15, 0.2) is 0 Å². The van der Waals surface area contributed by atoms with E-state index in [9.17, 15) is 0 Å². The maximum atomic E-state index is 7.50. The van der Waals surface area contributed by atoms with Gasteiger partial charge in [0.25, 0.3) is 0 Å². The summed E-state index contributed by atoms with van der Waals surface area (Å²) in [4.78, 5) is 0. The van der Waals surface area contributed by atoms with E-state index in [2.05, 4.69) is 13.3 Å². The summed E-state index contributed by atoms with van der Waals surface area (Å²) in [5.74, 6) is 0. The Morgan fingerprint density at radius 2 is 0.800 bits per heavy atom. The van der Waals surface area contributed by atoms with Gasteiger partial charge in [-0.05, 0) is 0 Å². The van der Waals surface area contributed by atoms with E-state index < -0.39 is 0 Å². The predicted octanol–water partition coefficient (Wildman–Crippen LogP) is -0.0775. The van der Waals surface area contributed by atoms with Gasteiger partial charge in [-0.2, -0.15) is 0 Å². The molecule has 0 atom stereocenters. The monoisotopic (exact) mass is 240 g/mol. The Morgan fingerprint density at radius 3 is 0.800 bits per heavy atom. The first-order chi connectivity index (χ1) is 2.00. The molecular formula is C2O2W+2. The van der Waals surface area contributed by atoms with E-state index in [-0.39, 0.29) is 21.1 Å². The smallest absolute Gasteiger partial charge is 2.00 e. The molecule has 0 saturated carbocycles. The van der Waals surface area contributed by atoms with Crippen LogP contribution in [-0.2, 0) is 30.4 Å². The summed E-state index contributed by atoms with van der Waals surface area (Å²) in [5, 5.41) is 0. The van der Waals surface area contributed by atoms with Crippen molar-refractivity contribution in [2.24, 2.45) is 0 Å². The molecule has 0 radical (unpaired) electrons. The number of hydrogen-bond acceptors (Lipinski definition) is 0. The third-order valence-corrected chi connectivity index (χ3v) is 0. The molecule has 0 aliphatic rings. The summed E-state index contributed by atoms with van der Waals surface area (Å²) in [6, 6.07) is 0. The van der Waals surface area contributed by atoms with E-state index in [1.807, 2.05) is 0 Å². The Hall–Kier alpha value is 0.168. The van der Waals surface area contributed by atoms with Gasteiger partial charge in [-0.1, -0.05) is 0 Å². The van der Waals surface area contributed by atoms with Crippen molar-refractivity contribution in [3.8, 4) is 0 Å². The van der Waals surface area contributed by atoms with Gasteiger partial charge in [0.1, 0.15) is 0 Å². The second kappa shape index (κ2) is 1480. The molecule has 0 rings (SSSR count). The average Bonchev–Trinajstić information content (AvgIpc) is 1.50. The molecule has 0 spiro atoms. The van der Waals surface area contributed by atoms with Crippen LogP contribution in [0.2, 0.25) is 0 Å². The van der Waals surface area contributed by atoms with Crippen LogP contribution in [0.4, 0.5) is 0 Å². The van der Waals surface area contributed by atoms with Crippen LogP contribution in [-0.4, -0.2) is 0 Å². The molecular weight excluding hydrogens is 240 g/mol. The Balaban J connectivity index is -0.0000000133. The molecule has 0 aliphatic carbocycles. The summed E-state index contributed by atoms with van der Waals surface area (Å²) in [5.41, 5.74) is 0. The molecule has 0 aromatic heterocycles. The van der Waals surface area contributed by atoms with Crippen molar-refractivity contribution in [2.75, 3.05) is 0 Å². The first kappa shape index (κ1) is 19.1. The summed E-state index contributed by atoms with van der Waals surface area (Å²) in [7, 11) is 0. The van der Waals surface area contributed by atoms with Crippen molar-refractivity contribution in [1.29, 1.82) is 0 Å². The largest absolute Gasteiger partial charge is 2.00 e. The molecule has 0 aliphatic heterocycles. The molecule has 24 valence electrons. The van der Waals surface area contributed by atoms with Gasteiger partial charge in [0, 0.05) is 0 Å². The van der Waals surface area contributed by atoms with Crippen LogP contribution >= 0.6 is 0 Å². The minimum absolute atomic E-state index is 0. The second-order valence-corrected chi connectivity index (χ2v) is 0. The Labute approximate surface area is 44.3 Å². The molecule has 5 heavy (non-hydrogen) atoms. The SMILES string of the molecule is [C-]#[O+].[C-]#[O+].[W+2]. The third kappa shape index (κ3) is 692. The average molecular weight is 240 g/mol. The molecule has 0 unspecified atom stereocenters. The van der Waals surface area contributed by atoms with Gasteiger partial charge in [-0.25, -0.2) is 0 Å². The third-order valence-electron chi connectivity index (χ3n) is 0. The van der Waals surface area contributed by atoms with Gasteiger partial charge >= 0.3 is 43.7 Å². The van der Waals surface area contributed by atoms with E-state index in [0.717, 1.165) is 0 Å². The molecule has 0 bridgehead atoms. The zero-order valence-electron chi connectivity index (χ0n) is 2.22. The van der Waals surface area contributed by atoms with E-state index >= 15 is 0 Å². The maximum Gasteiger partial charge on any atom is 2.00 e. The Kier molecular flexibility index (Phi) is 5640. The molecule has 0 aromatic rings. The van der Waals surface area contributed by atoms with Crippen molar-refractivity contribution < 1.29 is 30.4 Å². The molecule has 0 fully saturated rings. The molecule has 0 heterocycles. The van der Waals surface area contributed by atoms with Crippen LogP contribution in [0.5, 0.6) is 0 Å². The minimum atomic E-state index is 0. The van der Waals surface area contributed by atoms with Crippen molar-refractivity contribution in [2.45, 2.75) is 0 Å². The van der Waals surface area contributed by atoms with E-state index in [1.165, 1.54) is 0 Å². The normalized spacial score (nSPS) is 0.800. The van der Waals surface area contributed by atoms with Crippen LogP contribution in [0.3, 0.4) is 0 Å². The molecule has 0 aromatic carbocycles. The Bertz CT molecular complexity index is 23.1. The second-order valence-electron chi connectivity index (χ2n) is 0. The first-order valence-corrected chi connectivity index (χ1v) is 0.408. The molecule has 0 saturated heterocycles. The van der Waals surface area contributed by atoms with Gasteiger partial charge in [-0.3, -0.25) is 0 Å². The quantitative estimate of drug-likeness (QED) is 0.419. The topological polar surface area (TPSA) is 39.8 Å². The standard InChI is InChI=1S/2CO.W/c2*1-2;/q;;+2. The zero-order valence-corrected chi connectivity index (χ0v) is 5.16. The van der Waals surface area contributed by atoms with Gasteiger partial charge in [0.05, 0.1) is 0 Å². The zero-order chi connectivity index (χ0) is 4.00. The van der Waals surface area contributed by atoms with Crippen LogP contribution in [0.1, 0.15) is 0 Å². The van der Waals surface area contributed by atoms with Crippen molar-refractivity contribution >= 4 is 0 Å². The van der Waals surface area contributed by atoms with Crippen molar-refractivity contribution in [3.05, 3.63) is 13.3 Å². The molecule has 2 nitrogen and oxygen atoms in total. The van der Waals surface area contributed by atoms with Crippen LogP contribution < -0.4 is 0 Å². The number of rotatable bonds is 0. The van der Waals surface area contributed by atoms with Crippen LogP contribution in [0, 0.1) is 13.3 Å². The van der Waals surface area contributed by atoms with Gasteiger partial charge < -0.3 is 0 Å². The summed E-state index contributed by atoms with van der Waals surface area (Å²) in [6.45, 7) is 9.00. The summed E-state index contributed by atoms with van der Waals surface area (Å²) in [6.07, 6.45) is 0. The molecule has 3 heteroatoms. The minimum Gasteiger partial charge on any atom is 2.00 e. The summed E-state index contributed by atoms with van der Waals surface area (Å²) < 4.78 is 15.0. The first-order valence-electron chi connectivity index (χ1n) is 0.408. The van der Waals surface area contributed by atoms with Crippen LogP contribution in [0.15, 0.2) is 0 Å². The molecule has 0 N–H and O–H groups in total. The van der Waals surface area contributed by atoms with Gasteiger partial charge in [-0.15, -0.1) is 0 Å². The van der Waals surface area contributed by atoms with E-state index in [0.29, 0.717) is 0 Å². The van der Waals surface area contributed by atoms with E-state index in [4.69, 9.17) is 9.30 Å². The van der Waals surface area contributed by atoms with Crippen LogP contribution in [0.25, 0.3) is 0 Å². The summed E-state index contributed by atoms with van der Waals surface area (Å²) >= 11 is 0. The van der Waals surface area contributed by atoms with Crippen molar-refractivity contribution in [1.82, 2.24) is 0 Å².